The van der Waals surface area contributed by atoms with Gasteiger partial charge in [0.05, 0.1) is 8.68 Å². The Hall–Kier alpha value is 0.0500. The summed E-state index contributed by atoms with van der Waals surface area (Å²) in [5.41, 5.74) is 0. The van der Waals surface area contributed by atoms with Crippen molar-refractivity contribution in [3.63, 3.8) is 0 Å². The number of thiophene rings is 1. The summed E-state index contributed by atoms with van der Waals surface area (Å²) in [6.07, 6.45) is 1.88. The number of aryl methyl sites for hydroxylation is 1. The largest absolute Gasteiger partial charge is 0.318 e. The molecule has 1 aromatic rings. The molecule has 1 N–H and O–H groups in total. The van der Waals surface area contributed by atoms with Crippen LogP contribution < -0.4 is 5.32 Å². The maximum Gasteiger partial charge on any atom is 0.244 e. The lowest BCUT2D eigenvalue weighted by atomic mass is 10.2. The van der Waals surface area contributed by atoms with E-state index >= 15 is 0 Å². The van der Waals surface area contributed by atoms with E-state index in [4.69, 9.17) is 0 Å². The first-order chi connectivity index (χ1) is 8.46. The zero-order valence-electron chi connectivity index (χ0n) is 10.4. The van der Waals surface area contributed by atoms with Gasteiger partial charge in [-0.1, -0.05) is 0 Å². The van der Waals surface area contributed by atoms with Gasteiger partial charge in [0, 0.05) is 24.0 Å². The van der Waals surface area contributed by atoms with Gasteiger partial charge in [0.1, 0.15) is 0 Å². The zero-order chi connectivity index (χ0) is 13.3. The number of likely N-dealkylation sites (N-methyl/N-ethyl adjacent to an activating group) is 1. The fourth-order valence-electron chi connectivity index (χ4n) is 2.38. The molecule has 1 aromatic heterocycles. The topological polar surface area (TPSA) is 49.4 Å². The molecular weight excluding hydrogens is 336 g/mol. The Morgan fingerprint density at radius 1 is 1.61 bits per heavy atom. The SMILES string of the molecule is CNC[C@@H]1CCCN1S(=O)(=O)c1cc(Br)sc1C. The average molecular weight is 353 g/mol. The predicted octanol–water partition coefficient (Wildman–Crippen LogP) is 2.19. The Labute approximate surface area is 121 Å². The van der Waals surface area contributed by atoms with E-state index < -0.39 is 10.0 Å². The van der Waals surface area contributed by atoms with E-state index in [1.165, 1.54) is 11.3 Å². The molecule has 0 aromatic carbocycles. The van der Waals surface area contributed by atoms with E-state index in [1.54, 1.807) is 10.4 Å². The summed E-state index contributed by atoms with van der Waals surface area (Å²) in [5, 5.41) is 3.07. The average Bonchev–Trinajstić information content (AvgIpc) is 2.86. The first-order valence-electron chi connectivity index (χ1n) is 5.89. The Morgan fingerprint density at radius 2 is 2.33 bits per heavy atom. The van der Waals surface area contributed by atoms with Crippen LogP contribution in [0.1, 0.15) is 17.7 Å². The molecule has 0 bridgehead atoms. The quantitative estimate of drug-likeness (QED) is 0.903. The van der Waals surface area contributed by atoms with Gasteiger partial charge >= 0.3 is 0 Å². The Morgan fingerprint density at radius 3 is 2.89 bits per heavy atom. The molecule has 1 fully saturated rings. The Kier molecular flexibility index (Phi) is 4.48. The van der Waals surface area contributed by atoms with E-state index in [0.717, 1.165) is 21.5 Å². The van der Waals surface area contributed by atoms with Gasteiger partial charge in [0.2, 0.25) is 10.0 Å². The van der Waals surface area contributed by atoms with Crippen molar-refractivity contribution in [3.05, 3.63) is 14.7 Å². The van der Waals surface area contributed by atoms with Crippen LogP contribution in [0.2, 0.25) is 0 Å². The van der Waals surface area contributed by atoms with Crippen LogP contribution in [0.3, 0.4) is 0 Å². The highest BCUT2D eigenvalue weighted by molar-refractivity contribution is 9.11. The molecule has 0 aliphatic carbocycles. The van der Waals surface area contributed by atoms with Gasteiger partial charge in [-0.3, -0.25) is 0 Å². The maximum atomic E-state index is 12.6. The minimum absolute atomic E-state index is 0.0816. The number of nitrogens with one attached hydrogen (secondary N) is 1. The van der Waals surface area contributed by atoms with Gasteiger partial charge in [0.25, 0.3) is 0 Å². The number of nitrogens with zero attached hydrogens (tertiary/aromatic N) is 1. The molecule has 102 valence electrons. The van der Waals surface area contributed by atoms with Crippen LogP contribution in [0.25, 0.3) is 0 Å². The number of sulfonamides is 1. The van der Waals surface area contributed by atoms with Crippen molar-refractivity contribution >= 4 is 37.3 Å². The second kappa shape index (κ2) is 5.58. The van der Waals surface area contributed by atoms with E-state index in [1.807, 2.05) is 14.0 Å². The van der Waals surface area contributed by atoms with E-state index in [0.29, 0.717) is 18.0 Å². The first-order valence-corrected chi connectivity index (χ1v) is 8.94. The van der Waals surface area contributed by atoms with Gasteiger partial charge < -0.3 is 5.32 Å². The molecule has 1 aliphatic heterocycles. The second-order valence-electron chi connectivity index (χ2n) is 4.44. The first kappa shape index (κ1) is 14.5. The zero-order valence-corrected chi connectivity index (χ0v) is 13.7. The second-order valence-corrected chi connectivity index (χ2v) is 8.93. The number of halogens is 1. The molecule has 18 heavy (non-hydrogen) atoms. The molecule has 0 spiro atoms. The van der Waals surface area contributed by atoms with Gasteiger partial charge in [0.15, 0.2) is 0 Å². The summed E-state index contributed by atoms with van der Waals surface area (Å²) in [6.45, 7) is 3.19. The molecule has 0 radical (unpaired) electrons. The van der Waals surface area contributed by atoms with Crippen molar-refractivity contribution in [2.75, 3.05) is 20.1 Å². The van der Waals surface area contributed by atoms with Crippen LogP contribution in [-0.2, 0) is 10.0 Å². The summed E-state index contributed by atoms with van der Waals surface area (Å²) in [7, 11) is -1.49. The maximum absolute atomic E-state index is 12.6. The molecular formula is C11H17BrN2O2S2. The predicted molar refractivity (Wildman–Crippen MR) is 77.6 cm³/mol. The highest BCUT2D eigenvalue weighted by Crippen LogP contribution is 2.34. The molecule has 2 rings (SSSR count). The van der Waals surface area contributed by atoms with E-state index in [9.17, 15) is 8.42 Å². The summed E-state index contributed by atoms with van der Waals surface area (Å²) >= 11 is 4.82. The third-order valence-electron chi connectivity index (χ3n) is 3.19. The van der Waals surface area contributed by atoms with Gasteiger partial charge in [-0.05, 0) is 48.8 Å². The Bertz CT molecular complexity index is 527. The molecule has 2 heterocycles. The van der Waals surface area contributed by atoms with Crippen molar-refractivity contribution in [1.82, 2.24) is 9.62 Å². The smallest absolute Gasteiger partial charge is 0.244 e. The van der Waals surface area contributed by atoms with Gasteiger partial charge in [-0.25, -0.2) is 8.42 Å². The van der Waals surface area contributed by atoms with Crippen LogP contribution in [0, 0.1) is 6.92 Å². The van der Waals surface area contributed by atoms with Crippen LogP contribution in [0.15, 0.2) is 14.7 Å². The molecule has 0 amide bonds. The normalized spacial score (nSPS) is 21.6. The van der Waals surface area contributed by atoms with Gasteiger partial charge in [-0.15, -0.1) is 11.3 Å². The minimum Gasteiger partial charge on any atom is -0.318 e. The molecule has 7 heteroatoms. The third-order valence-corrected chi connectivity index (χ3v) is 6.95. The molecule has 0 unspecified atom stereocenters. The van der Waals surface area contributed by atoms with E-state index in [-0.39, 0.29) is 6.04 Å². The van der Waals surface area contributed by atoms with Crippen molar-refractivity contribution in [2.45, 2.75) is 30.7 Å². The van der Waals surface area contributed by atoms with Crippen LogP contribution in [-0.4, -0.2) is 38.9 Å². The number of hydrogen-bond donors (Lipinski definition) is 1. The summed E-state index contributed by atoms with van der Waals surface area (Å²) < 4.78 is 27.8. The molecule has 1 atom stereocenters. The molecule has 1 aliphatic rings. The summed E-state index contributed by atoms with van der Waals surface area (Å²) in [4.78, 5) is 1.29. The fraction of sp³-hybridized carbons (Fsp3) is 0.636. The van der Waals surface area contributed by atoms with Crippen molar-refractivity contribution < 1.29 is 8.42 Å². The summed E-state index contributed by atoms with van der Waals surface area (Å²) in [6, 6.07) is 1.79. The van der Waals surface area contributed by atoms with Crippen molar-refractivity contribution in [3.8, 4) is 0 Å². The third kappa shape index (κ3) is 2.65. The molecule has 4 nitrogen and oxygen atoms in total. The lowest BCUT2D eigenvalue weighted by Gasteiger charge is -2.23. The lowest BCUT2D eigenvalue weighted by molar-refractivity contribution is 0.379. The number of rotatable bonds is 4. The Balaban J connectivity index is 2.33. The number of hydrogen-bond acceptors (Lipinski definition) is 4. The van der Waals surface area contributed by atoms with Crippen LogP contribution >= 0.6 is 27.3 Å². The van der Waals surface area contributed by atoms with Crippen molar-refractivity contribution in [1.29, 1.82) is 0 Å². The van der Waals surface area contributed by atoms with E-state index in [2.05, 4.69) is 21.2 Å². The monoisotopic (exact) mass is 352 g/mol. The minimum atomic E-state index is -3.35. The fourth-order valence-corrected chi connectivity index (χ4v) is 6.46. The highest BCUT2D eigenvalue weighted by Gasteiger charge is 2.36. The standard InChI is InChI=1S/C11H17BrN2O2S2/c1-8-10(6-11(12)17-8)18(15,16)14-5-3-4-9(14)7-13-2/h6,9,13H,3-5,7H2,1-2H3/t9-/m0/s1. The molecule has 0 saturated carbocycles. The highest BCUT2D eigenvalue weighted by atomic mass is 79.9. The van der Waals surface area contributed by atoms with Crippen LogP contribution in [0.4, 0.5) is 0 Å². The lowest BCUT2D eigenvalue weighted by Crippen LogP contribution is -2.40. The van der Waals surface area contributed by atoms with Crippen molar-refractivity contribution in [2.24, 2.45) is 0 Å². The molecule has 1 saturated heterocycles. The van der Waals surface area contributed by atoms with Crippen LogP contribution in [0.5, 0.6) is 0 Å². The van der Waals surface area contributed by atoms with Gasteiger partial charge in [-0.2, -0.15) is 4.31 Å². The summed E-state index contributed by atoms with van der Waals surface area (Å²) in [5.74, 6) is 0.